The lowest BCUT2D eigenvalue weighted by atomic mass is 9.63. The van der Waals surface area contributed by atoms with Crippen LogP contribution in [0.25, 0.3) is 0 Å². The lowest BCUT2D eigenvalue weighted by molar-refractivity contribution is -0.131. The predicted molar refractivity (Wildman–Crippen MR) is 136 cm³/mol. The third-order valence-corrected chi connectivity index (χ3v) is 9.99. The molecule has 10 unspecified atom stereocenters. The van der Waals surface area contributed by atoms with Gasteiger partial charge in [-0.1, -0.05) is 32.4 Å². The molecule has 3 aliphatic carbocycles. The van der Waals surface area contributed by atoms with Gasteiger partial charge >= 0.3 is 0 Å². The van der Waals surface area contributed by atoms with Crippen molar-refractivity contribution in [3.63, 3.8) is 0 Å². The van der Waals surface area contributed by atoms with Gasteiger partial charge in [-0.05, 0) is 79.3 Å². The van der Waals surface area contributed by atoms with Crippen LogP contribution in [0.2, 0.25) is 0 Å². The molecule has 4 N–H and O–H groups in total. The summed E-state index contributed by atoms with van der Waals surface area (Å²) >= 11 is 0. The third kappa shape index (κ3) is 4.58. The zero-order valence-electron chi connectivity index (χ0n) is 21.6. The summed E-state index contributed by atoms with van der Waals surface area (Å²) in [5.74, 6) is 0.507. The number of rotatable bonds is 1. The molecule has 37 heavy (non-hydrogen) atoms. The zero-order valence-corrected chi connectivity index (χ0v) is 21.6. The Labute approximate surface area is 217 Å². The maximum atomic E-state index is 13.5. The van der Waals surface area contributed by atoms with Gasteiger partial charge in [0.15, 0.2) is 5.78 Å². The molecule has 3 saturated carbocycles. The van der Waals surface area contributed by atoms with Gasteiger partial charge in [-0.2, -0.15) is 0 Å². The highest BCUT2D eigenvalue weighted by Gasteiger charge is 2.58. The maximum absolute atomic E-state index is 13.5. The van der Waals surface area contributed by atoms with Crippen LogP contribution in [-0.4, -0.2) is 52.3 Å². The smallest absolute Gasteiger partial charge is 0.259 e. The lowest BCUT2D eigenvalue weighted by Gasteiger charge is -2.40. The number of aliphatic hydroxyl groups excluding tert-OH is 2. The van der Waals surface area contributed by atoms with E-state index in [4.69, 9.17) is 0 Å². The van der Waals surface area contributed by atoms with Gasteiger partial charge in [-0.15, -0.1) is 0 Å². The summed E-state index contributed by atoms with van der Waals surface area (Å²) < 4.78 is 0. The number of amides is 2. The number of hydrogen-bond donors (Lipinski definition) is 4. The van der Waals surface area contributed by atoms with E-state index < -0.39 is 29.6 Å². The number of Topliss-reactive ketones (excluding diaryl/α,β-unsaturated/α-hetero) is 2. The second kappa shape index (κ2) is 10.2. The van der Waals surface area contributed by atoms with Gasteiger partial charge in [-0.3, -0.25) is 19.2 Å². The average Bonchev–Trinajstić information content (AvgIpc) is 3.48. The Kier molecular flexibility index (Phi) is 7.14. The van der Waals surface area contributed by atoms with E-state index in [9.17, 15) is 29.4 Å². The van der Waals surface area contributed by atoms with Gasteiger partial charge in [0, 0.05) is 18.9 Å². The van der Waals surface area contributed by atoms with E-state index >= 15 is 0 Å². The molecule has 10 atom stereocenters. The van der Waals surface area contributed by atoms with Gasteiger partial charge in [-0.25, -0.2) is 0 Å². The van der Waals surface area contributed by atoms with Crippen LogP contribution in [0, 0.1) is 47.3 Å². The summed E-state index contributed by atoms with van der Waals surface area (Å²) in [6, 6.07) is -1.17. The number of allylic oxidation sites excluding steroid dienone is 3. The molecule has 5 rings (SSSR count). The fourth-order valence-electron chi connectivity index (χ4n) is 8.25. The van der Waals surface area contributed by atoms with Crippen LogP contribution in [0.5, 0.6) is 0 Å². The first-order valence-electron chi connectivity index (χ1n) is 13.8. The Bertz CT molecular complexity index is 1080. The monoisotopic (exact) mass is 510 g/mol. The highest BCUT2D eigenvalue weighted by Crippen LogP contribution is 2.61. The molecule has 4 fully saturated rings. The first-order chi connectivity index (χ1) is 17.7. The van der Waals surface area contributed by atoms with Crippen LogP contribution in [0.15, 0.2) is 35.6 Å². The fourth-order valence-corrected chi connectivity index (χ4v) is 8.25. The summed E-state index contributed by atoms with van der Waals surface area (Å²) in [7, 11) is 0. The largest absolute Gasteiger partial charge is 0.507 e. The molecule has 200 valence electrons. The van der Waals surface area contributed by atoms with Crippen molar-refractivity contribution in [2.75, 3.05) is 6.54 Å². The Morgan fingerprint density at radius 3 is 2.62 bits per heavy atom. The second-order valence-electron chi connectivity index (χ2n) is 11.7. The zero-order chi connectivity index (χ0) is 26.4. The molecule has 2 bridgehead atoms. The summed E-state index contributed by atoms with van der Waals surface area (Å²) in [6.45, 7) is 4.68. The van der Waals surface area contributed by atoms with Crippen molar-refractivity contribution in [3.8, 4) is 0 Å². The van der Waals surface area contributed by atoms with Crippen LogP contribution < -0.4 is 10.6 Å². The topological polar surface area (TPSA) is 133 Å². The van der Waals surface area contributed by atoms with E-state index in [2.05, 4.69) is 24.5 Å². The number of carbonyl (C=O) groups is 4. The van der Waals surface area contributed by atoms with Gasteiger partial charge in [0.05, 0.1) is 6.10 Å². The van der Waals surface area contributed by atoms with Crippen molar-refractivity contribution in [1.29, 1.82) is 0 Å². The summed E-state index contributed by atoms with van der Waals surface area (Å²) in [4.78, 5) is 51.2. The molecule has 2 aliphatic heterocycles. The number of hydrogen-bond acceptors (Lipinski definition) is 6. The maximum Gasteiger partial charge on any atom is 0.259 e. The Hall–Kier alpha value is -2.74. The Morgan fingerprint density at radius 2 is 1.86 bits per heavy atom. The fraction of sp³-hybridized carbons (Fsp3) is 0.655. The van der Waals surface area contributed by atoms with Crippen molar-refractivity contribution in [3.05, 3.63) is 35.6 Å². The SMILES string of the molecule is CCC1CC2CC3C4CC=CC(=O)NCCC(O)C5NC(=O)/C(=C(\O)C=CC4CC(=O)C3C2C1C)C5=O. The van der Waals surface area contributed by atoms with Gasteiger partial charge in [0.2, 0.25) is 5.91 Å². The van der Waals surface area contributed by atoms with E-state index in [-0.39, 0.29) is 53.9 Å². The molecule has 2 heterocycles. The molecule has 5 aliphatic rings. The summed E-state index contributed by atoms with van der Waals surface area (Å²) in [6.07, 6.45) is 9.70. The molecule has 8 nitrogen and oxygen atoms in total. The Morgan fingerprint density at radius 1 is 1.08 bits per heavy atom. The molecule has 2 amide bonds. The number of aliphatic hydroxyl groups is 2. The van der Waals surface area contributed by atoms with Crippen LogP contribution in [-0.2, 0) is 19.2 Å². The summed E-state index contributed by atoms with van der Waals surface area (Å²) in [5.41, 5.74) is -0.372. The number of carbonyl (C=O) groups excluding carboxylic acids is 4. The first-order valence-corrected chi connectivity index (χ1v) is 13.8. The van der Waals surface area contributed by atoms with Crippen LogP contribution in [0.4, 0.5) is 0 Å². The minimum atomic E-state index is -1.20. The quantitative estimate of drug-likeness (QED) is 0.401. The molecule has 0 spiro atoms. The van der Waals surface area contributed by atoms with Crippen molar-refractivity contribution in [1.82, 2.24) is 10.6 Å². The molecule has 0 radical (unpaired) electrons. The predicted octanol–water partition coefficient (Wildman–Crippen LogP) is 2.39. The molecule has 8 heteroatoms. The van der Waals surface area contributed by atoms with E-state index in [1.807, 2.05) is 6.08 Å². The van der Waals surface area contributed by atoms with Crippen LogP contribution in [0.1, 0.15) is 52.4 Å². The van der Waals surface area contributed by atoms with E-state index in [1.54, 1.807) is 6.08 Å². The third-order valence-electron chi connectivity index (χ3n) is 9.99. The molecule has 1 saturated heterocycles. The standard InChI is InChI=1S/C29H38N2O6/c1-3-15-11-17-12-19-18-5-4-6-23(35)30-10-9-21(33)27-28(36)26(29(37)31-27)20(32)8-7-16(18)13-22(34)25(19)24(17)14(15)2/h4,6-8,14-19,21,24-25,27,32-33H,3,5,9-13H2,1-2H3,(H,30,35)(H,31,37)/b6-4?,8-7?,26-20-. The minimum absolute atomic E-state index is 0.0374. The van der Waals surface area contributed by atoms with Crippen molar-refractivity contribution in [2.24, 2.45) is 47.3 Å². The minimum Gasteiger partial charge on any atom is -0.507 e. The molecular weight excluding hydrogens is 472 g/mol. The van der Waals surface area contributed by atoms with E-state index in [0.717, 1.165) is 12.8 Å². The Balaban J connectivity index is 1.47. The average molecular weight is 511 g/mol. The van der Waals surface area contributed by atoms with Gasteiger partial charge in [0.25, 0.3) is 5.91 Å². The van der Waals surface area contributed by atoms with Crippen LogP contribution >= 0.6 is 0 Å². The molecule has 0 aromatic heterocycles. The highest BCUT2D eigenvalue weighted by molar-refractivity contribution is 6.27. The van der Waals surface area contributed by atoms with E-state index in [0.29, 0.717) is 36.5 Å². The van der Waals surface area contributed by atoms with Crippen molar-refractivity contribution >= 4 is 23.4 Å². The normalized spacial score (nSPS) is 44.3. The molecule has 0 aromatic rings. The molecular formula is C29H38N2O6. The number of ketones is 2. The van der Waals surface area contributed by atoms with Crippen LogP contribution in [0.3, 0.4) is 0 Å². The number of nitrogens with one attached hydrogen (secondary N) is 2. The van der Waals surface area contributed by atoms with Crippen molar-refractivity contribution in [2.45, 2.75) is 64.5 Å². The lowest BCUT2D eigenvalue weighted by Crippen LogP contribution is -2.42. The van der Waals surface area contributed by atoms with Gasteiger partial charge in [0.1, 0.15) is 23.2 Å². The second-order valence-corrected chi connectivity index (χ2v) is 11.7. The van der Waals surface area contributed by atoms with Crippen molar-refractivity contribution < 1.29 is 29.4 Å². The highest BCUT2D eigenvalue weighted by atomic mass is 16.3. The van der Waals surface area contributed by atoms with E-state index in [1.165, 1.54) is 18.6 Å². The molecule has 0 aromatic carbocycles. The van der Waals surface area contributed by atoms with Gasteiger partial charge < -0.3 is 20.8 Å². The summed E-state index contributed by atoms with van der Waals surface area (Å²) in [5, 5.41) is 26.3. The first kappa shape index (κ1) is 25.9. The number of fused-ring (bicyclic) bond motifs is 7.